The zero-order valence-corrected chi connectivity index (χ0v) is 10.7. The van der Waals surface area contributed by atoms with E-state index in [9.17, 15) is 0 Å². The zero-order valence-electron chi connectivity index (χ0n) is 12.7. The molecule has 17 heavy (non-hydrogen) atoms. The quantitative estimate of drug-likeness (QED) is 0.501. The fraction of sp³-hybridized carbons (Fsp3) is 0.438. The normalized spacial score (nSPS) is 11.7. The smallest absolute Gasteiger partial charge is 0.0716 e. The number of allylic oxidation sites excluding steroid dienone is 1. The molecule has 92 valence electrons. The summed E-state index contributed by atoms with van der Waals surface area (Å²) in [5.74, 6) is 0.333. The van der Waals surface area contributed by atoms with Gasteiger partial charge in [0.2, 0.25) is 0 Å². The first kappa shape index (κ1) is 10.8. The third-order valence-electron chi connectivity index (χ3n) is 2.70. The fourth-order valence-electron chi connectivity index (χ4n) is 1.62. The number of hydrogen-bond donors (Lipinski definition) is 0. The number of rotatable bonds is 7. The van der Waals surface area contributed by atoms with Gasteiger partial charge in [-0.2, -0.15) is 0 Å². The molecule has 0 amide bonds. The standard InChI is InChI=1S/C16H22O/c1-4-16(14(2)3)11-8-12-17-13-15-9-6-5-7-10-15/h5-7,9-10,14H,1,8,11-13H2,2-3H3/i1D2. The van der Waals surface area contributed by atoms with Crippen LogP contribution in [0.2, 0.25) is 0 Å². The molecule has 0 saturated heterocycles. The maximum Gasteiger partial charge on any atom is 0.0716 e. The van der Waals surface area contributed by atoms with Crippen LogP contribution in [0.15, 0.2) is 48.2 Å². The Hall–Kier alpha value is -1.30. The van der Waals surface area contributed by atoms with Crippen LogP contribution in [-0.2, 0) is 11.3 Å². The van der Waals surface area contributed by atoms with Crippen LogP contribution in [0.4, 0.5) is 0 Å². The van der Waals surface area contributed by atoms with Crippen molar-refractivity contribution in [1.82, 2.24) is 0 Å². The summed E-state index contributed by atoms with van der Waals surface area (Å²) >= 11 is 0. The molecule has 0 N–H and O–H groups in total. The van der Waals surface area contributed by atoms with E-state index in [0.717, 1.165) is 18.4 Å². The molecular formula is C16H22O. The van der Waals surface area contributed by atoms with Crippen LogP contribution < -0.4 is 0 Å². The third kappa shape index (κ3) is 5.53. The van der Waals surface area contributed by atoms with Crippen molar-refractivity contribution in [1.29, 1.82) is 0 Å². The van der Waals surface area contributed by atoms with E-state index >= 15 is 0 Å². The van der Waals surface area contributed by atoms with Crippen molar-refractivity contribution in [2.75, 3.05) is 6.61 Å². The molecule has 1 heteroatoms. The van der Waals surface area contributed by atoms with Gasteiger partial charge in [0.1, 0.15) is 0 Å². The Balaban J connectivity index is 2.29. The topological polar surface area (TPSA) is 9.23 Å². The first-order valence-corrected chi connectivity index (χ1v) is 6.14. The highest BCUT2D eigenvalue weighted by molar-refractivity contribution is 5.13. The summed E-state index contributed by atoms with van der Waals surface area (Å²) < 4.78 is 19.9. The molecule has 0 bridgehead atoms. The molecule has 0 unspecified atom stereocenters. The number of ether oxygens (including phenoxy) is 1. The molecule has 0 aliphatic carbocycles. The summed E-state index contributed by atoms with van der Waals surface area (Å²) in [5, 5.41) is 0. The number of benzene rings is 1. The van der Waals surface area contributed by atoms with Gasteiger partial charge in [0.25, 0.3) is 0 Å². The summed E-state index contributed by atoms with van der Waals surface area (Å²) in [7, 11) is 0. The van der Waals surface area contributed by atoms with Gasteiger partial charge in [-0.1, -0.05) is 50.7 Å². The highest BCUT2D eigenvalue weighted by atomic mass is 16.5. The van der Waals surface area contributed by atoms with E-state index in [1.807, 2.05) is 18.2 Å². The van der Waals surface area contributed by atoms with Crippen LogP contribution in [0, 0.1) is 5.92 Å². The van der Waals surface area contributed by atoms with Gasteiger partial charge in [0, 0.05) is 6.61 Å². The monoisotopic (exact) mass is 232 g/mol. The van der Waals surface area contributed by atoms with Gasteiger partial charge in [-0.15, -0.1) is 5.73 Å². The van der Waals surface area contributed by atoms with Gasteiger partial charge in [0.15, 0.2) is 0 Å². The van der Waals surface area contributed by atoms with Crippen molar-refractivity contribution >= 4 is 0 Å². The molecule has 0 saturated carbocycles. The highest BCUT2D eigenvalue weighted by Crippen LogP contribution is 2.14. The van der Waals surface area contributed by atoms with Crippen LogP contribution in [0.25, 0.3) is 0 Å². The third-order valence-corrected chi connectivity index (χ3v) is 2.70. The summed E-state index contributed by atoms with van der Waals surface area (Å²) in [6.07, 6.45) is 1.74. The minimum atomic E-state index is -0.242. The van der Waals surface area contributed by atoms with Gasteiger partial charge in [-0.25, -0.2) is 0 Å². The lowest BCUT2D eigenvalue weighted by Gasteiger charge is -2.09. The zero-order chi connectivity index (χ0) is 14.1. The molecule has 1 aromatic carbocycles. The second kappa shape index (κ2) is 7.89. The lowest BCUT2D eigenvalue weighted by Crippen LogP contribution is -1.98. The first-order valence-electron chi connectivity index (χ1n) is 7.14. The molecule has 0 aliphatic heterocycles. The van der Waals surface area contributed by atoms with Crippen molar-refractivity contribution in [3.05, 3.63) is 53.7 Å². The molecular weight excluding hydrogens is 208 g/mol. The maximum absolute atomic E-state index is 7.15. The summed E-state index contributed by atoms with van der Waals surface area (Å²) in [5.41, 5.74) is 5.01. The van der Waals surface area contributed by atoms with Gasteiger partial charge in [-0.05, 0) is 29.9 Å². The van der Waals surface area contributed by atoms with E-state index in [-0.39, 0.29) is 6.53 Å². The minimum Gasteiger partial charge on any atom is -0.377 e. The van der Waals surface area contributed by atoms with Crippen molar-refractivity contribution in [3.8, 4) is 0 Å². The maximum atomic E-state index is 7.15. The molecule has 1 nitrogen and oxygen atoms in total. The lowest BCUT2D eigenvalue weighted by molar-refractivity contribution is 0.118. The Labute approximate surface area is 108 Å². The van der Waals surface area contributed by atoms with E-state index in [1.54, 1.807) is 0 Å². The van der Waals surface area contributed by atoms with Gasteiger partial charge >= 0.3 is 0 Å². The fourth-order valence-corrected chi connectivity index (χ4v) is 1.62. The van der Waals surface area contributed by atoms with Crippen LogP contribution in [0.5, 0.6) is 0 Å². The second-order valence-corrected chi connectivity index (χ2v) is 4.45. The molecule has 0 radical (unpaired) electrons. The van der Waals surface area contributed by atoms with E-state index in [4.69, 9.17) is 7.48 Å². The van der Waals surface area contributed by atoms with Gasteiger partial charge < -0.3 is 4.74 Å². The highest BCUT2D eigenvalue weighted by Gasteiger charge is 2.01. The summed E-state index contributed by atoms with van der Waals surface area (Å²) in [6.45, 7) is 5.22. The Bertz CT molecular complexity index is 427. The van der Waals surface area contributed by atoms with Crippen molar-refractivity contribution in [2.45, 2.75) is 33.3 Å². The second-order valence-electron chi connectivity index (χ2n) is 4.45. The molecule has 0 aliphatic rings. The first-order chi connectivity index (χ1) is 9.09. The largest absolute Gasteiger partial charge is 0.377 e. The average Bonchev–Trinajstić information content (AvgIpc) is 2.37. The average molecular weight is 232 g/mol. The Morgan fingerprint density at radius 3 is 2.82 bits per heavy atom. The lowest BCUT2D eigenvalue weighted by atomic mass is 10.00. The predicted molar refractivity (Wildman–Crippen MR) is 72.8 cm³/mol. The van der Waals surface area contributed by atoms with Gasteiger partial charge in [-0.3, -0.25) is 0 Å². The van der Waals surface area contributed by atoms with E-state index in [0.29, 0.717) is 19.1 Å². The molecule has 0 atom stereocenters. The predicted octanol–water partition coefficient (Wildman–Crippen LogP) is 4.35. The van der Waals surface area contributed by atoms with Gasteiger partial charge in [0.05, 0.1) is 9.35 Å². The van der Waals surface area contributed by atoms with E-state index in [1.165, 1.54) is 5.56 Å². The molecule has 1 rings (SSSR count). The number of hydrogen-bond acceptors (Lipinski definition) is 1. The Morgan fingerprint density at radius 2 is 2.18 bits per heavy atom. The molecule has 0 spiro atoms. The summed E-state index contributed by atoms with van der Waals surface area (Å²) in [6, 6.07) is 10.1. The molecule has 0 aromatic heterocycles. The van der Waals surface area contributed by atoms with Crippen molar-refractivity contribution < 1.29 is 7.48 Å². The van der Waals surface area contributed by atoms with E-state index in [2.05, 4.69) is 31.7 Å². The van der Waals surface area contributed by atoms with E-state index < -0.39 is 0 Å². The SMILES string of the molecule is [2H]C([2H])=C=C(CCCOCc1ccccc1)C(C)C. The van der Waals surface area contributed by atoms with Crippen LogP contribution >= 0.6 is 0 Å². The van der Waals surface area contributed by atoms with Crippen molar-refractivity contribution in [3.63, 3.8) is 0 Å². The summed E-state index contributed by atoms with van der Waals surface area (Å²) in [4.78, 5) is 0. The minimum absolute atomic E-state index is 0.242. The van der Waals surface area contributed by atoms with Crippen molar-refractivity contribution in [2.24, 2.45) is 5.92 Å². The molecule has 0 fully saturated rings. The van der Waals surface area contributed by atoms with Crippen LogP contribution in [0.1, 0.15) is 35.0 Å². The van der Waals surface area contributed by atoms with Crippen LogP contribution in [0.3, 0.4) is 0 Å². The molecule has 1 aromatic rings. The Kier molecular flexibility index (Phi) is 5.03. The Morgan fingerprint density at radius 1 is 1.41 bits per heavy atom. The van der Waals surface area contributed by atoms with Crippen LogP contribution in [-0.4, -0.2) is 6.61 Å². The molecule has 0 heterocycles.